The fourth-order valence-corrected chi connectivity index (χ4v) is 1.85. The number of carbonyl (C=O) groups excluding carboxylic acids is 3. The Morgan fingerprint density at radius 3 is 2.54 bits per heavy atom. The molecule has 0 fully saturated rings. The molecule has 0 aliphatic heterocycles. The van der Waals surface area contributed by atoms with E-state index in [4.69, 9.17) is 9.26 Å². The van der Waals surface area contributed by atoms with E-state index in [1.54, 1.807) is 6.92 Å². The van der Waals surface area contributed by atoms with E-state index in [2.05, 4.69) is 5.16 Å². The van der Waals surface area contributed by atoms with Gasteiger partial charge in [-0.05, 0) is 26.0 Å². The fraction of sp³-hybridized carbons (Fsp3) is 0.200. The third kappa shape index (κ3) is 3.94. The quantitative estimate of drug-likeness (QED) is 0.638. The van der Waals surface area contributed by atoms with Crippen LogP contribution in [0.1, 0.15) is 32.2 Å². The van der Waals surface area contributed by atoms with E-state index in [0.717, 1.165) is 6.07 Å². The molecule has 0 bridgehead atoms. The normalized spacial score (nSPS) is 10.1. The molecule has 0 aliphatic rings. The number of carbonyl (C=O) groups is 3. The highest BCUT2D eigenvalue weighted by molar-refractivity contribution is 5.96. The van der Waals surface area contributed by atoms with Crippen LogP contribution in [-0.2, 0) is 9.53 Å². The van der Waals surface area contributed by atoms with Gasteiger partial charge in [-0.3, -0.25) is 20.4 Å². The van der Waals surface area contributed by atoms with E-state index in [9.17, 15) is 18.8 Å². The molecule has 0 atom stereocenters. The Morgan fingerprint density at radius 2 is 1.92 bits per heavy atom. The van der Waals surface area contributed by atoms with Crippen LogP contribution in [0.25, 0.3) is 0 Å². The van der Waals surface area contributed by atoms with Gasteiger partial charge in [-0.25, -0.2) is 9.18 Å². The van der Waals surface area contributed by atoms with Crippen molar-refractivity contribution in [3.8, 4) is 0 Å². The van der Waals surface area contributed by atoms with Gasteiger partial charge in [-0.1, -0.05) is 17.3 Å². The number of esters is 1. The molecule has 0 saturated carbocycles. The van der Waals surface area contributed by atoms with Gasteiger partial charge in [0, 0.05) is 0 Å². The zero-order chi connectivity index (χ0) is 17.7. The number of benzene rings is 1. The maximum Gasteiger partial charge on any atom is 0.344 e. The maximum absolute atomic E-state index is 13.4. The van der Waals surface area contributed by atoms with Gasteiger partial charge in [-0.2, -0.15) is 0 Å². The molecule has 8 nitrogen and oxygen atoms in total. The zero-order valence-corrected chi connectivity index (χ0v) is 12.9. The third-order valence-electron chi connectivity index (χ3n) is 3.01. The summed E-state index contributed by atoms with van der Waals surface area (Å²) >= 11 is 0. The van der Waals surface area contributed by atoms with E-state index < -0.39 is 30.2 Å². The molecule has 0 aliphatic carbocycles. The van der Waals surface area contributed by atoms with Gasteiger partial charge >= 0.3 is 5.97 Å². The highest BCUT2D eigenvalue weighted by Gasteiger charge is 2.20. The summed E-state index contributed by atoms with van der Waals surface area (Å²) in [7, 11) is 0. The average molecular weight is 335 g/mol. The Labute approximate surface area is 135 Å². The summed E-state index contributed by atoms with van der Waals surface area (Å²) in [6.07, 6.45) is 0. The van der Waals surface area contributed by atoms with E-state index >= 15 is 0 Å². The Balaban J connectivity index is 1.83. The summed E-state index contributed by atoms with van der Waals surface area (Å²) in [4.78, 5) is 35.1. The van der Waals surface area contributed by atoms with Crippen LogP contribution in [0.4, 0.5) is 4.39 Å². The number of hydrazine groups is 1. The first kappa shape index (κ1) is 17.1. The summed E-state index contributed by atoms with van der Waals surface area (Å²) < 4.78 is 23.0. The number of aromatic nitrogens is 1. The van der Waals surface area contributed by atoms with Crippen LogP contribution in [0.15, 0.2) is 28.8 Å². The lowest BCUT2D eigenvalue weighted by atomic mass is 10.2. The second kappa shape index (κ2) is 7.36. The Kier molecular flexibility index (Phi) is 5.25. The molecule has 9 heteroatoms. The number of rotatable bonds is 4. The first-order chi connectivity index (χ1) is 11.4. The van der Waals surface area contributed by atoms with Gasteiger partial charge in [0.25, 0.3) is 11.8 Å². The molecule has 0 radical (unpaired) electrons. The number of nitrogens with zero attached hydrogens (tertiary/aromatic N) is 1. The predicted molar refractivity (Wildman–Crippen MR) is 78.3 cm³/mol. The topological polar surface area (TPSA) is 111 Å². The molecule has 126 valence electrons. The van der Waals surface area contributed by atoms with Crippen molar-refractivity contribution >= 4 is 17.8 Å². The first-order valence-corrected chi connectivity index (χ1v) is 6.84. The highest BCUT2D eigenvalue weighted by Crippen LogP contribution is 2.13. The number of nitrogens with one attached hydrogen (secondary N) is 2. The highest BCUT2D eigenvalue weighted by atomic mass is 19.1. The van der Waals surface area contributed by atoms with Crippen LogP contribution in [0.5, 0.6) is 0 Å². The number of halogens is 1. The van der Waals surface area contributed by atoms with Crippen molar-refractivity contribution in [2.75, 3.05) is 6.61 Å². The number of amides is 2. The fourth-order valence-electron chi connectivity index (χ4n) is 1.85. The molecule has 1 aromatic heterocycles. The third-order valence-corrected chi connectivity index (χ3v) is 3.01. The van der Waals surface area contributed by atoms with E-state index in [-0.39, 0.29) is 16.9 Å². The van der Waals surface area contributed by atoms with Crippen molar-refractivity contribution in [1.82, 2.24) is 16.0 Å². The van der Waals surface area contributed by atoms with Crippen molar-refractivity contribution < 1.29 is 28.0 Å². The smallest absolute Gasteiger partial charge is 0.344 e. The Hall–Kier alpha value is -3.23. The van der Waals surface area contributed by atoms with Gasteiger partial charge in [0.05, 0.1) is 11.3 Å². The molecule has 2 amide bonds. The number of hydrogen-bond acceptors (Lipinski definition) is 6. The summed E-state index contributed by atoms with van der Waals surface area (Å²) in [6.45, 7) is 2.45. The van der Waals surface area contributed by atoms with E-state index in [1.165, 1.54) is 25.1 Å². The Bertz CT molecular complexity index is 768. The van der Waals surface area contributed by atoms with E-state index in [1.807, 2.05) is 10.9 Å². The minimum atomic E-state index is -0.835. The van der Waals surface area contributed by atoms with Crippen molar-refractivity contribution in [2.45, 2.75) is 13.8 Å². The molecule has 1 aromatic carbocycles. The van der Waals surface area contributed by atoms with Gasteiger partial charge < -0.3 is 9.26 Å². The minimum Gasteiger partial charge on any atom is -0.452 e. The second-order valence-corrected chi connectivity index (χ2v) is 4.76. The molecular weight excluding hydrogens is 321 g/mol. The zero-order valence-electron chi connectivity index (χ0n) is 12.9. The SMILES string of the molecule is Cc1noc(C)c1C(=O)OCC(=O)NNC(=O)c1ccccc1F. The average Bonchev–Trinajstić information content (AvgIpc) is 2.89. The van der Waals surface area contributed by atoms with Crippen molar-refractivity contribution in [2.24, 2.45) is 0 Å². The second-order valence-electron chi connectivity index (χ2n) is 4.76. The molecular formula is C15H14FN3O5. The predicted octanol–water partition coefficient (Wildman–Crippen LogP) is 1.05. The van der Waals surface area contributed by atoms with Crippen LogP contribution < -0.4 is 10.9 Å². The molecule has 2 rings (SSSR count). The van der Waals surface area contributed by atoms with Gasteiger partial charge in [0.15, 0.2) is 6.61 Å². The molecule has 0 saturated heterocycles. The van der Waals surface area contributed by atoms with Crippen LogP contribution in [0.3, 0.4) is 0 Å². The summed E-state index contributed by atoms with van der Waals surface area (Å²) in [5.41, 5.74) is 4.28. The monoisotopic (exact) mass is 335 g/mol. The molecule has 0 spiro atoms. The Morgan fingerprint density at radius 1 is 1.21 bits per heavy atom. The lowest BCUT2D eigenvalue weighted by molar-refractivity contribution is -0.125. The van der Waals surface area contributed by atoms with Crippen LogP contribution in [0.2, 0.25) is 0 Å². The maximum atomic E-state index is 13.4. The minimum absolute atomic E-state index is 0.137. The molecule has 24 heavy (non-hydrogen) atoms. The molecule has 2 N–H and O–H groups in total. The first-order valence-electron chi connectivity index (χ1n) is 6.84. The van der Waals surface area contributed by atoms with Crippen molar-refractivity contribution in [3.63, 3.8) is 0 Å². The van der Waals surface area contributed by atoms with E-state index in [0.29, 0.717) is 5.69 Å². The van der Waals surface area contributed by atoms with Crippen molar-refractivity contribution in [1.29, 1.82) is 0 Å². The van der Waals surface area contributed by atoms with Crippen LogP contribution in [-0.4, -0.2) is 29.5 Å². The summed E-state index contributed by atoms with van der Waals surface area (Å²) in [5.74, 6) is -2.86. The van der Waals surface area contributed by atoms with Crippen LogP contribution >= 0.6 is 0 Å². The lowest BCUT2D eigenvalue weighted by Gasteiger charge is -2.08. The standard InChI is InChI=1S/C15H14FN3O5/c1-8-13(9(2)24-19-8)15(22)23-7-12(20)17-18-14(21)10-5-3-4-6-11(10)16/h3-6H,7H2,1-2H3,(H,17,20)(H,18,21). The molecule has 2 aromatic rings. The van der Waals surface area contributed by atoms with Gasteiger partial charge in [0.2, 0.25) is 0 Å². The van der Waals surface area contributed by atoms with Gasteiger partial charge in [0.1, 0.15) is 17.1 Å². The number of hydrogen-bond donors (Lipinski definition) is 2. The number of aryl methyl sites for hydroxylation is 2. The largest absolute Gasteiger partial charge is 0.452 e. The molecule has 1 heterocycles. The van der Waals surface area contributed by atoms with Crippen molar-refractivity contribution in [3.05, 3.63) is 52.7 Å². The molecule has 0 unspecified atom stereocenters. The number of ether oxygens (including phenoxy) is 1. The van der Waals surface area contributed by atoms with Gasteiger partial charge in [-0.15, -0.1) is 0 Å². The lowest BCUT2D eigenvalue weighted by Crippen LogP contribution is -2.43. The van der Waals surface area contributed by atoms with Crippen LogP contribution in [0, 0.1) is 19.7 Å². The summed E-state index contributed by atoms with van der Waals surface area (Å²) in [5, 5.41) is 3.60. The summed E-state index contributed by atoms with van der Waals surface area (Å²) in [6, 6.07) is 5.28.